The zero-order valence-electron chi connectivity index (χ0n) is 10.7. The Morgan fingerprint density at radius 3 is 2.32 bits per heavy atom. The number of hydrogen-bond acceptors (Lipinski definition) is 5. The van der Waals surface area contributed by atoms with Crippen LogP contribution < -0.4 is 4.74 Å². The average Bonchev–Trinajstić information content (AvgIpc) is 3.09. The second-order valence-electron chi connectivity index (χ2n) is 4.81. The molecule has 0 spiro atoms. The summed E-state index contributed by atoms with van der Waals surface area (Å²) in [5.74, 6) is 0.176. The molecule has 1 fully saturated rings. The molecule has 6 heteroatoms. The van der Waals surface area contributed by atoms with Gasteiger partial charge in [0.15, 0.2) is 9.84 Å². The van der Waals surface area contributed by atoms with Gasteiger partial charge in [-0.15, -0.1) is 0 Å². The molecule has 3 atom stereocenters. The van der Waals surface area contributed by atoms with Crippen molar-refractivity contribution in [3.8, 4) is 11.8 Å². The zero-order valence-corrected chi connectivity index (χ0v) is 11.5. The minimum absolute atomic E-state index is 0.460. The van der Waals surface area contributed by atoms with Crippen LogP contribution in [-0.2, 0) is 9.84 Å². The second kappa shape index (κ2) is 4.51. The molecule has 5 nitrogen and oxygen atoms in total. The van der Waals surface area contributed by atoms with Gasteiger partial charge in [-0.1, -0.05) is 12.1 Å². The molecule has 102 valence electrons. The number of sulfone groups is 1. The fourth-order valence-corrected chi connectivity index (χ4v) is 4.53. The quantitative estimate of drug-likeness (QED) is 0.878. The van der Waals surface area contributed by atoms with Crippen molar-refractivity contribution in [1.82, 2.24) is 0 Å². The van der Waals surface area contributed by atoms with Crippen LogP contribution in [0.1, 0.15) is 11.5 Å². The molecule has 0 unspecified atom stereocenters. The fourth-order valence-electron chi connectivity index (χ4n) is 2.67. The first kappa shape index (κ1) is 13.8. The molecule has 1 aromatic carbocycles. The Morgan fingerprint density at radius 2 is 2.00 bits per heavy atom. The third kappa shape index (κ3) is 2.09. The molecule has 0 heterocycles. The van der Waals surface area contributed by atoms with E-state index in [0.29, 0.717) is 5.75 Å². The number of benzene rings is 1. The van der Waals surface area contributed by atoms with Gasteiger partial charge in [0.05, 0.1) is 25.0 Å². The van der Waals surface area contributed by atoms with Crippen molar-refractivity contribution >= 4 is 9.84 Å². The Balaban J connectivity index is 2.41. The van der Waals surface area contributed by atoms with E-state index < -0.39 is 33.0 Å². The Labute approximate surface area is 112 Å². The van der Waals surface area contributed by atoms with E-state index in [1.807, 2.05) is 6.07 Å². The molecule has 0 amide bonds. The van der Waals surface area contributed by atoms with Crippen molar-refractivity contribution in [1.29, 1.82) is 5.26 Å². The lowest BCUT2D eigenvalue weighted by atomic mass is 10.0. The summed E-state index contributed by atoms with van der Waals surface area (Å²) in [6.45, 7) is -0.460. The van der Waals surface area contributed by atoms with E-state index in [9.17, 15) is 18.8 Å². The van der Waals surface area contributed by atoms with Crippen molar-refractivity contribution in [3.63, 3.8) is 0 Å². The molecule has 1 aromatic rings. The van der Waals surface area contributed by atoms with Gasteiger partial charge in [0.25, 0.3) is 0 Å². The number of aliphatic hydroxyl groups is 1. The molecular weight excluding hydrogens is 266 g/mol. The van der Waals surface area contributed by atoms with Gasteiger partial charge in [-0.05, 0) is 17.7 Å². The number of nitrogens with zero attached hydrogens (tertiary/aromatic N) is 1. The Bertz CT molecular complexity index is 617. The second-order valence-corrected chi connectivity index (χ2v) is 6.98. The third-order valence-corrected chi connectivity index (χ3v) is 5.28. The molecule has 0 bridgehead atoms. The van der Waals surface area contributed by atoms with Gasteiger partial charge in [-0.25, -0.2) is 8.42 Å². The first-order chi connectivity index (χ1) is 8.90. The van der Waals surface area contributed by atoms with Crippen LogP contribution in [0.25, 0.3) is 0 Å². The Kier molecular flexibility index (Phi) is 3.29. The topological polar surface area (TPSA) is 87.4 Å². The van der Waals surface area contributed by atoms with Crippen LogP contribution in [0, 0.1) is 16.7 Å². The average molecular weight is 281 g/mol. The van der Waals surface area contributed by atoms with Crippen LogP contribution >= 0.6 is 0 Å². The van der Waals surface area contributed by atoms with E-state index in [2.05, 4.69) is 0 Å². The molecule has 0 radical (unpaired) electrons. The number of methoxy groups -OCH3 is 1. The van der Waals surface area contributed by atoms with Crippen molar-refractivity contribution in [3.05, 3.63) is 29.8 Å². The number of nitriles is 1. The summed E-state index contributed by atoms with van der Waals surface area (Å²) >= 11 is 0. The maximum atomic E-state index is 11.7. The van der Waals surface area contributed by atoms with Gasteiger partial charge < -0.3 is 9.84 Å². The lowest BCUT2D eigenvalue weighted by Crippen LogP contribution is -2.16. The number of aliphatic hydroxyl groups excluding tert-OH is 1. The highest BCUT2D eigenvalue weighted by Crippen LogP contribution is 2.62. The maximum Gasteiger partial charge on any atom is 0.152 e. The van der Waals surface area contributed by atoms with Crippen LogP contribution in [0.15, 0.2) is 24.3 Å². The first-order valence-corrected chi connectivity index (χ1v) is 7.71. The predicted molar refractivity (Wildman–Crippen MR) is 69.5 cm³/mol. The molecule has 2 rings (SSSR count). The zero-order chi connectivity index (χ0) is 14.3. The van der Waals surface area contributed by atoms with E-state index in [4.69, 9.17) is 4.74 Å². The fraction of sp³-hybridized carbons (Fsp3) is 0.462. The highest BCUT2D eigenvalue weighted by atomic mass is 32.2. The van der Waals surface area contributed by atoms with Crippen LogP contribution in [0.2, 0.25) is 0 Å². The Morgan fingerprint density at radius 1 is 1.42 bits per heavy atom. The van der Waals surface area contributed by atoms with Crippen LogP contribution in [0.4, 0.5) is 0 Å². The molecule has 1 saturated carbocycles. The van der Waals surface area contributed by atoms with Crippen LogP contribution in [0.3, 0.4) is 0 Å². The van der Waals surface area contributed by atoms with Gasteiger partial charge in [-0.3, -0.25) is 0 Å². The monoisotopic (exact) mass is 281 g/mol. The minimum atomic E-state index is -3.39. The van der Waals surface area contributed by atoms with Gasteiger partial charge in [0.2, 0.25) is 0 Å². The summed E-state index contributed by atoms with van der Waals surface area (Å²) < 4.78 is 28.5. The molecule has 1 N–H and O–H groups in total. The number of hydrogen-bond donors (Lipinski definition) is 1. The van der Waals surface area contributed by atoms with Gasteiger partial charge in [-0.2, -0.15) is 5.26 Å². The molecular formula is C13H15NO4S. The van der Waals surface area contributed by atoms with E-state index in [-0.39, 0.29) is 0 Å². The number of rotatable bonds is 4. The van der Waals surface area contributed by atoms with E-state index >= 15 is 0 Å². The molecule has 1 aliphatic rings. The van der Waals surface area contributed by atoms with E-state index in [1.54, 1.807) is 31.4 Å². The van der Waals surface area contributed by atoms with Crippen molar-refractivity contribution in [2.24, 2.45) is 5.41 Å². The summed E-state index contributed by atoms with van der Waals surface area (Å²) in [5.41, 5.74) is -0.492. The normalized spacial score (nSPS) is 29.6. The molecule has 1 aliphatic carbocycles. The van der Waals surface area contributed by atoms with E-state index in [1.165, 1.54) is 0 Å². The molecule has 0 aromatic heterocycles. The van der Waals surface area contributed by atoms with Gasteiger partial charge >= 0.3 is 0 Å². The molecule has 19 heavy (non-hydrogen) atoms. The van der Waals surface area contributed by atoms with Crippen LogP contribution in [0.5, 0.6) is 5.75 Å². The smallest absolute Gasteiger partial charge is 0.152 e. The summed E-state index contributed by atoms with van der Waals surface area (Å²) in [6, 6.07) is 8.87. The van der Waals surface area contributed by atoms with Crippen molar-refractivity contribution in [2.75, 3.05) is 20.0 Å². The lowest BCUT2D eigenvalue weighted by molar-refractivity contribution is 0.242. The van der Waals surface area contributed by atoms with E-state index in [0.717, 1.165) is 11.8 Å². The van der Waals surface area contributed by atoms with Crippen molar-refractivity contribution in [2.45, 2.75) is 11.2 Å². The highest BCUT2D eigenvalue weighted by Gasteiger charge is 2.70. The summed E-state index contributed by atoms with van der Waals surface area (Å²) in [5, 5.41) is 17.8. The van der Waals surface area contributed by atoms with Gasteiger partial charge in [0, 0.05) is 12.2 Å². The third-order valence-electron chi connectivity index (χ3n) is 3.66. The lowest BCUT2D eigenvalue weighted by Gasteiger charge is -2.04. The SMILES string of the molecule is COc1ccc([C@H]2[C@@H](S(C)(=O)=O)[C@@]2(C#N)CO)cc1. The van der Waals surface area contributed by atoms with Crippen molar-refractivity contribution < 1.29 is 18.3 Å². The summed E-state index contributed by atoms with van der Waals surface area (Å²) in [4.78, 5) is 0. The Hall–Kier alpha value is -1.58. The van der Waals surface area contributed by atoms with Crippen LogP contribution in [-0.4, -0.2) is 38.7 Å². The maximum absolute atomic E-state index is 11.7. The minimum Gasteiger partial charge on any atom is -0.497 e. The molecule has 0 saturated heterocycles. The predicted octanol–water partition coefficient (Wildman–Crippen LogP) is 0.708. The van der Waals surface area contributed by atoms with Gasteiger partial charge in [0.1, 0.15) is 11.2 Å². The highest BCUT2D eigenvalue weighted by molar-refractivity contribution is 7.91. The summed E-state index contributed by atoms with van der Waals surface area (Å²) in [6.07, 6.45) is 1.10. The number of ether oxygens (including phenoxy) is 1. The first-order valence-electron chi connectivity index (χ1n) is 5.75. The standard InChI is InChI=1S/C13H15NO4S/c1-18-10-5-3-9(4-6-10)11-12(19(2,16)17)13(11,7-14)8-15/h3-6,11-12,15H,8H2,1-2H3/t11-,12+,13-/m0/s1. The largest absolute Gasteiger partial charge is 0.497 e. The molecule has 0 aliphatic heterocycles. The summed E-state index contributed by atoms with van der Waals surface area (Å²) in [7, 11) is -1.85.